The maximum atomic E-state index is 13.1. The summed E-state index contributed by atoms with van der Waals surface area (Å²) in [7, 11) is 1.53. The Labute approximate surface area is 122 Å². The van der Waals surface area contributed by atoms with Crippen molar-refractivity contribution in [2.45, 2.75) is 6.92 Å². The average molecular weight is 289 g/mol. The van der Waals surface area contributed by atoms with E-state index in [0.29, 0.717) is 17.2 Å². The summed E-state index contributed by atoms with van der Waals surface area (Å²) >= 11 is 0. The molecule has 5 heteroatoms. The van der Waals surface area contributed by atoms with Gasteiger partial charge in [0, 0.05) is 5.69 Å². The molecule has 0 heterocycles. The first-order valence-corrected chi connectivity index (χ1v) is 6.42. The van der Waals surface area contributed by atoms with Crippen LogP contribution in [0.2, 0.25) is 0 Å². The molecule has 2 aromatic carbocycles. The number of anilines is 1. The third-order valence-corrected chi connectivity index (χ3v) is 2.90. The predicted octanol–water partition coefficient (Wildman–Crippen LogP) is 3.16. The standard InChI is InChI=1S/C16H16FNO3/c1-11-7-8-12(17)9-13(11)18-16(19)10-21-15-6-4-3-5-14(15)20-2/h3-9H,10H2,1-2H3,(H,18,19). The van der Waals surface area contributed by atoms with Crippen LogP contribution in [0.4, 0.5) is 10.1 Å². The lowest BCUT2D eigenvalue weighted by Crippen LogP contribution is -2.20. The highest BCUT2D eigenvalue weighted by Crippen LogP contribution is 2.25. The molecule has 0 fully saturated rings. The lowest BCUT2D eigenvalue weighted by atomic mass is 10.2. The zero-order valence-electron chi connectivity index (χ0n) is 11.9. The Morgan fingerprint density at radius 3 is 2.62 bits per heavy atom. The van der Waals surface area contributed by atoms with E-state index in [4.69, 9.17) is 9.47 Å². The van der Waals surface area contributed by atoms with Crippen LogP contribution in [-0.2, 0) is 4.79 Å². The lowest BCUT2D eigenvalue weighted by Gasteiger charge is -2.11. The third kappa shape index (κ3) is 3.95. The topological polar surface area (TPSA) is 47.6 Å². The third-order valence-electron chi connectivity index (χ3n) is 2.90. The van der Waals surface area contributed by atoms with E-state index >= 15 is 0 Å². The lowest BCUT2D eigenvalue weighted by molar-refractivity contribution is -0.118. The van der Waals surface area contributed by atoms with Gasteiger partial charge in [0.1, 0.15) is 5.82 Å². The van der Waals surface area contributed by atoms with Crippen LogP contribution in [0.5, 0.6) is 11.5 Å². The van der Waals surface area contributed by atoms with Gasteiger partial charge in [0.15, 0.2) is 18.1 Å². The van der Waals surface area contributed by atoms with E-state index in [1.807, 2.05) is 6.07 Å². The van der Waals surface area contributed by atoms with Gasteiger partial charge in [-0.15, -0.1) is 0 Å². The number of nitrogens with one attached hydrogen (secondary N) is 1. The number of rotatable bonds is 5. The molecule has 0 aromatic heterocycles. The van der Waals surface area contributed by atoms with Gasteiger partial charge in [0.25, 0.3) is 5.91 Å². The second kappa shape index (κ2) is 6.74. The highest BCUT2D eigenvalue weighted by atomic mass is 19.1. The maximum Gasteiger partial charge on any atom is 0.262 e. The van der Waals surface area contributed by atoms with Gasteiger partial charge >= 0.3 is 0 Å². The molecule has 110 valence electrons. The zero-order chi connectivity index (χ0) is 15.2. The largest absolute Gasteiger partial charge is 0.493 e. The van der Waals surface area contributed by atoms with Crippen molar-refractivity contribution in [2.75, 3.05) is 19.0 Å². The van der Waals surface area contributed by atoms with Gasteiger partial charge in [-0.05, 0) is 36.8 Å². The summed E-state index contributed by atoms with van der Waals surface area (Å²) in [6.45, 7) is 1.60. The molecule has 2 rings (SSSR count). The molecule has 0 bridgehead atoms. The fourth-order valence-electron chi connectivity index (χ4n) is 1.80. The molecule has 2 aromatic rings. The summed E-state index contributed by atoms with van der Waals surface area (Å²) < 4.78 is 23.7. The van der Waals surface area contributed by atoms with Gasteiger partial charge in [0.2, 0.25) is 0 Å². The molecule has 0 spiro atoms. The van der Waals surface area contributed by atoms with E-state index in [1.54, 1.807) is 31.2 Å². The fraction of sp³-hybridized carbons (Fsp3) is 0.188. The van der Waals surface area contributed by atoms with Crippen LogP contribution in [0.15, 0.2) is 42.5 Å². The molecular formula is C16H16FNO3. The molecular weight excluding hydrogens is 273 g/mol. The van der Waals surface area contributed by atoms with Crippen molar-refractivity contribution in [3.8, 4) is 11.5 Å². The number of carbonyl (C=O) groups is 1. The summed E-state index contributed by atoms with van der Waals surface area (Å²) in [5.41, 5.74) is 1.21. The first kappa shape index (κ1) is 14.8. The number of methoxy groups -OCH3 is 1. The number of ether oxygens (including phenoxy) is 2. The van der Waals surface area contributed by atoms with E-state index in [2.05, 4.69) is 5.32 Å². The van der Waals surface area contributed by atoms with Crippen molar-refractivity contribution in [1.29, 1.82) is 0 Å². The molecule has 0 unspecified atom stereocenters. The number of hydrogen-bond donors (Lipinski definition) is 1. The molecule has 0 aliphatic carbocycles. The van der Waals surface area contributed by atoms with Crippen LogP contribution in [0, 0.1) is 12.7 Å². The Morgan fingerprint density at radius 2 is 1.90 bits per heavy atom. The minimum absolute atomic E-state index is 0.184. The van der Waals surface area contributed by atoms with Crippen molar-refractivity contribution in [3.05, 3.63) is 53.8 Å². The first-order chi connectivity index (χ1) is 10.1. The van der Waals surface area contributed by atoms with Crippen molar-refractivity contribution >= 4 is 11.6 Å². The molecule has 4 nitrogen and oxygen atoms in total. The molecule has 1 N–H and O–H groups in total. The molecule has 21 heavy (non-hydrogen) atoms. The summed E-state index contributed by atoms with van der Waals surface area (Å²) in [6, 6.07) is 11.3. The smallest absolute Gasteiger partial charge is 0.262 e. The summed E-state index contributed by atoms with van der Waals surface area (Å²) in [4.78, 5) is 11.8. The number of benzene rings is 2. The van der Waals surface area contributed by atoms with Gasteiger partial charge in [-0.25, -0.2) is 4.39 Å². The van der Waals surface area contributed by atoms with E-state index < -0.39 is 5.82 Å². The molecule has 0 saturated heterocycles. The molecule has 0 aliphatic heterocycles. The van der Waals surface area contributed by atoms with Crippen LogP contribution in [0.25, 0.3) is 0 Å². The molecule has 1 amide bonds. The van der Waals surface area contributed by atoms with E-state index in [9.17, 15) is 9.18 Å². The summed E-state index contributed by atoms with van der Waals surface area (Å²) in [5, 5.41) is 2.61. The highest BCUT2D eigenvalue weighted by molar-refractivity contribution is 5.92. The normalized spacial score (nSPS) is 10.0. The Balaban J connectivity index is 1.97. The van der Waals surface area contributed by atoms with Crippen LogP contribution in [0.3, 0.4) is 0 Å². The van der Waals surface area contributed by atoms with Gasteiger partial charge < -0.3 is 14.8 Å². The van der Waals surface area contributed by atoms with Gasteiger partial charge in [0.05, 0.1) is 7.11 Å². The van der Waals surface area contributed by atoms with Crippen molar-refractivity contribution < 1.29 is 18.7 Å². The van der Waals surface area contributed by atoms with Crippen molar-refractivity contribution in [3.63, 3.8) is 0 Å². The molecule has 0 aliphatic rings. The van der Waals surface area contributed by atoms with Crippen molar-refractivity contribution in [2.24, 2.45) is 0 Å². The minimum Gasteiger partial charge on any atom is -0.493 e. The summed E-state index contributed by atoms with van der Waals surface area (Å²) in [5.74, 6) is 0.259. The predicted molar refractivity (Wildman–Crippen MR) is 78.3 cm³/mol. The van der Waals surface area contributed by atoms with E-state index in [0.717, 1.165) is 5.56 Å². The van der Waals surface area contributed by atoms with Crippen LogP contribution < -0.4 is 14.8 Å². The van der Waals surface area contributed by atoms with Gasteiger partial charge in [-0.1, -0.05) is 18.2 Å². The molecule has 0 atom stereocenters. The number of halogens is 1. The average Bonchev–Trinajstić information content (AvgIpc) is 2.49. The number of amides is 1. The van der Waals surface area contributed by atoms with Crippen LogP contribution in [0.1, 0.15) is 5.56 Å². The minimum atomic E-state index is -0.401. The quantitative estimate of drug-likeness (QED) is 0.919. The van der Waals surface area contributed by atoms with E-state index in [-0.39, 0.29) is 12.5 Å². The maximum absolute atomic E-state index is 13.1. The van der Waals surface area contributed by atoms with Crippen LogP contribution in [-0.4, -0.2) is 19.6 Å². The van der Waals surface area contributed by atoms with Gasteiger partial charge in [-0.3, -0.25) is 4.79 Å². The SMILES string of the molecule is COc1ccccc1OCC(=O)Nc1cc(F)ccc1C. The Hall–Kier alpha value is -2.56. The highest BCUT2D eigenvalue weighted by Gasteiger charge is 2.09. The first-order valence-electron chi connectivity index (χ1n) is 6.42. The van der Waals surface area contributed by atoms with E-state index in [1.165, 1.54) is 19.2 Å². The molecule has 0 saturated carbocycles. The number of hydrogen-bond acceptors (Lipinski definition) is 3. The molecule has 0 radical (unpaired) electrons. The second-order valence-electron chi connectivity index (χ2n) is 4.45. The van der Waals surface area contributed by atoms with Crippen LogP contribution >= 0.6 is 0 Å². The monoisotopic (exact) mass is 289 g/mol. The Bertz CT molecular complexity index is 643. The Morgan fingerprint density at radius 1 is 1.19 bits per heavy atom. The number of para-hydroxylation sites is 2. The zero-order valence-corrected chi connectivity index (χ0v) is 11.9. The van der Waals surface area contributed by atoms with Crippen molar-refractivity contribution in [1.82, 2.24) is 0 Å². The second-order valence-corrected chi connectivity index (χ2v) is 4.45. The fourth-order valence-corrected chi connectivity index (χ4v) is 1.80. The number of carbonyl (C=O) groups excluding carboxylic acids is 1. The summed E-state index contributed by atoms with van der Waals surface area (Å²) in [6.07, 6.45) is 0. The number of aryl methyl sites for hydroxylation is 1. The van der Waals surface area contributed by atoms with Gasteiger partial charge in [-0.2, -0.15) is 0 Å². The Kier molecular flexibility index (Phi) is 4.77.